The van der Waals surface area contributed by atoms with Crippen molar-refractivity contribution < 1.29 is 4.79 Å². The number of aromatic nitrogens is 3. The van der Waals surface area contributed by atoms with Crippen LogP contribution in [-0.2, 0) is 6.54 Å². The van der Waals surface area contributed by atoms with Gasteiger partial charge >= 0.3 is 0 Å². The SMILES string of the molecule is CCCn1ccnc1-c1cccc(NC(=O)c2c[nH]c(C)cc2=O)c1. The van der Waals surface area contributed by atoms with Gasteiger partial charge in [0, 0.05) is 48.1 Å². The van der Waals surface area contributed by atoms with Gasteiger partial charge in [-0.3, -0.25) is 9.59 Å². The normalized spacial score (nSPS) is 10.6. The molecular formula is C19H20N4O2. The topological polar surface area (TPSA) is 79.8 Å². The lowest BCUT2D eigenvalue weighted by molar-refractivity contribution is 0.102. The van der Waals surface area contributed by atoms with Gasteiger partial charge in [-0.1, -0.05) is 19.1 Å². The van der Waals surface area contributed by atoms with Crippen LogP contribution in [0.25, 0.3) is 11.4 Å². The fraction of sp³-hybridized carbons (Fsp3) is 0.211. The molecule has 0 radical (unpaired) electrons. The molecule has 0 aliphatic rings. The average molecular weight is 336 g/mol. The number of anilines is 1. The molecule has 0 aliphatic carbocycles. The van der Waals surface area contributed by atoms with Crippen molar-refractivity contribution in [3.8, 4) is 11.4 Å². The van der Waals surface area contributed by atoms with Crippen molar-refractivity contribution in [3.05, 3.63) is 70.4 Å². The van der Waals surface area contributed by atoms with Gasteiger partial charge in [-0.15, -0.1) is 0 Å². The molecule has 0 fully saturated rings. The standard InChI is InChI=1S/C19H20N4O2/c1-3-8-23-9-7-20-18(23)14-5-4-6-15(11-14)22-19(25)16-12-21-13(2)10-17(16)24/h4-7,9-12H,3,8H2,1-2H3,(H,21,24)(H,22,25). The Kier molecular flexibility index (Phi) is 4.79. The number of aryl methyl sites for hydroxylation is 2. The number of nitrogens with one attached hydrogen (secondary N) is 2. The lowest BCUT2D eigenvalue weighted by Gasteiger charge is -2.09. The number of hydrogen-bond donors (Lipinski definition) is 2. The molecule has 2 N–H and O–H groups in total. The summed E-state index contributed by atoms with van der Waals surface area (Å²) in [4.78, 5) is 31.6. The van der Waals surface area contributed by atoms with Crippen LogP contribution in [-0.4, -0.2) is 20.4 Å². The van der Waals surface area contributed by atoms with Crippen molar-refractivity contribution in [2.45, 2.75) is 26.8 Å². The number of imidazole rings is 1. The number of pyridine rings is 1. The molecule has 3 aromatic rings. The van der Waals surface area contributed by atoms with Crippen LogP contribution in [0.2, 0.25) is 0 Å². The maximum absolute atomic E-state index is 12.4. The lowest BCUT2D eigenvalue weighted by Crippen LogP contribution is -2.21. The van der Waals surface area contributed by atoms with E-state index >= 15 is 0 Å². The first-order chi connectivity index (χ1) is 12.1. The van der Waals surface area contributed by atoms with Gasteiger partial charge < -0.3 is 14.9 Å². The molecule has 0 saturated heterocycles. The van der Waals surface area contributed by atoms with Crippen LogP contribution in [0.3, 0.4) is 0 Å². The second-order valence-electron chi connectivity index (χ2n) is 5.87. The molecular weight excluding hydrogens is 316 g/mol. The van der Waals surface area contributed by atoms with Gasteiger partial charge in [-0.2, -0.15) is 0 Å². The molecule has 0 spiro atoms. The van der Waals surface area contributed by atoms with Crippen molar-refractivity contribution >= 4 is 11.6 Å². The zero-order valence-corrected chi connectivity index (χ0v) is 14.2. The number of hydrogen-bond acceptors (Lipinski definition) is 3. The molecule has 1 amide bonds. The summed E-state index contributed by atoms with van der Waals surface area (Å²) in [6.45, 7) is 4.76. The van der Waals surface area contributed by atoms with Crippen LogP contribution in [0.15, 0.2) is 53.7 Å². The summed E-state index contributed by atoms with van der Waals surface area (Å²) in [5, 5.41) is 2.78. The second-order valence-corrected chi connectivity index (χ2v) is 5.87. The van der Waals surface area contributed by atoms with Gasteiger partial charge in [-0.25, -0.2) is 4.98 Å². The van der Waals surface area contributed by atoms with Crippen LogP contribution in [0.5, 0.6) is 0 Å². The molecule has 2 aromatic heterocycles. The number of carbonyl (C=O) groups excluding carboxylic acids is 1. The van der Waals surface area contributed by atoms with Gasteiger partial charge in [0.2, 0.25) is 0 Å². The number of aromatic amines is 1. The summed E-state index contributed by atoms with van der Waals surface area (Å²) in [5.74, 6) is 0.418. The number of carbonyl (C=O) groups is 1. The first-order valence-electron chi connectivity index (χ1n) is 8.20. The Morgan fingerprint density at radius 2 is 2.16 bits per heavy atom. The number of amides is 1. The van der Waals surface area contributed by atoms with Crippen molar-refractivity contribution in [2.24, 2.45) is 0 Å². The summed E-state index contributed by atoms with van der Waals surface area (Å²) in [7, 11) is 0. The van der Waals surface area contributed by atoms with Crippen molar-refractivity contribution in [3.63, 3.8) is 0 Å². The van der Waals surface area contributed by atoms with Gasteiger partial charge in [0.1, 0.15) is 11.4 Å². The predicted molar refractivity (Wildman–Crippen MR) is 97.7 cm³/mol. The van der Waals surface area contributed by atoms with Gasteiger partial charge in [0.15, 0.2) is 5.43 Å². The maximum Gasteiger partial charge on any atom is 0.261 e. The smallest absolute Gasteiger partial charge is 0.261 e. The predicted octanol–water partition coefficient (Wildman–Crippen LogP) is 3.21. The lowest BCUT2D eigenvalue weighted by atomic mass is 10.1. The fourth-order valence-corrected chi connectivity index (χ4v) is 2.68. The summed E-state index contributed by atoms with van der Waals surface area (Å²) >= 11 is 0. The van der Waals surface area contributed by atoms with E-state index in [0.29, 0.717) is 11.4 Å². The molecule has 25 heavy (non-hydrogen) atoms. The minimum atomic E-state index is -0.435. The summed E-state index contributed by atoms with van der Waals surface area (Å²) < 4.78 is 2.08. The molecule has 128 valence electrons. The number of H-pyrrole nitrogens is 1. The third-order valence-corrected chi connectivity index (χ3v) is 3.86. The maximum atomic E-state index is 12.4. The van der Waals surface area contributed by atoms with Crippen molar-refractivity contribution in [1.82, 2.24) is 14.5 Å². The largest absolute Gasteiger partial charge is 0.364 e. The Morgan fingerprint density at radius 1 is 1.32 bits per heavy atom. The average Bonchev–Trinajstić information content (AvgIpc) is 3.03. The highest BCUT2D eigenvalue weighted by atomic mass is 16.2. The Hall–Kier alpha value is -3.15. The molecule has 0 unspecified atom stereocenters. The first kappa shape index (κ1) is 16.7. The summed E-state index contributed by atoms with van der Waals surface area (Å²) in [6.07, 6.45) is 6.15. The second kappa shape index (κ2) is 7.17. The Morgan fingerprint density at radius 3 is 2.92 bits per heavy atom. The first-order valence-corrected chi connectivity index (χ1v) is 8.20. The monoisotopic (exact) mass is 336 g/mol. The summed E-state index contributed by atoms with van der Waals surface area (Å²) in [6, 6.07) is 8.86. The zero-order valence-electron chi connectivity index (χ0n) is 14.2. The van der Waals surface area contributed by atoms with E-state index in [1.807, 2.05) is 24.4 Å². The van der Waals surface area contributed by atoms with Crippen LogP contribution in [0.1, 0.15) is 29.4 Å². The molecule has 0 saturated carbocycles. The highest BCUT2D eigenvalue weighted by Gasteiger charge is 2.12. The third-order valence-electron chi connectivity index (χ3n) is 3.86. The van der Waals surface area contributed by atoms with Crippen LogP contribution in [0, 0.1) is 6.92 Å². The number of nitrogens with zero attached hydrogens (tertiary/aromatic N) is 2. The Bertz CT molecular complexity index is 956. The van der Waals surface area contributed by atoms with Crippen molar-refractivity contribution in [2.75, 3.05) is 5.32 Å². The quantitative estimate of drug-likeness (QED) is 0.751. The molecule has 6 nitrogen and oxygen atoms in total. The molecule has 0 atom stereocenters. The van der Waals surface area contributed by atoms with E-state index in [2.05, 4.69) is 26.8 Å². The minimum absolute atomic E-state index is 0.0866. The van der Waals surface area contributed by atoms with E-state index in [9.17, 15) is 9.59 Å². The van der Waals surface area contributed by atoms with Crippen LogP contribution in [0.4, 0.5) is 5.69 Å². The zero-order chi connectivity index (χ0) is 17.8. The van der Waals surface area contributed by atoms with E-state index in [1.54, 1.807) is 19.2 Å². The summed E-state index contributed by atoms with van der Waals surface area (Å²) in [5.41, 5.74) is 2.03. The van der Waals surface area contributed by atoms with Crippen LogP contribution >= 0.6 is 0 Å². The van der Waals surface area contributed by atoms with Gasteiger partial charge in [0.25, 0.3) is 5.91 Å². The fourth-order valence-electron chi connectivity index (χ4n) is 2.68. The van der Waals surface area contributed by atoms with E-state index in [0.717, 1.165) is 24.4 Å². The van der Waals surface area contributed by atoms with E-state index in [4.69, 9.17) is 0 Å². The van der Waals surface area contributed by atoms with Gasteiger partial charge in [-0.05, 0) is 25.5 Å². The molecule has 6 heteroatoms. The molecule has 0 bridgehead atoms. The molecule has 2 heterocycles. The molecule has 3 rings (SSSR count). The van der Waals surface area contributed by atoms with Crippen LogP contribution < -0.4 is 10.7 Å². The minimum Gasteiger partial charge on any atom is -0.364 e. The van der Waals surface area contributed by atoms with Gasteiger partial charge in [0.05, 0.1) is 0 Å². The van der Waals surface area contributed by atoms with E-state index in [-0.39, 0.29) is 11.0 Å². The highest BCUT2D eigenvalue weighted by molar-refractivity contribution is 6.04. The number of benzene rings is 1. The van der Waals surface area contributed by atoms with E-state index in [1.165, 1.54) is 12.3 Å². The Labute approximate surface area is 145 Å². The molecule has 0 aliphatic heterocycles. The van der Waals surface area contributed by atoms with Crippen molar-refractivity contribution in [1.29, 1.82) is 0 Å². The molecule has 1 aromatic carbocycles. The number of rotatable bonds is 5. The third kappa shape index (κ3) is 3.68. The Balaban J connectivity index is 1.85. The highest BCUT2D eigenvalue weighted by Crippen LogP contribution is 2.22. The van der Waals surface area contributed by atoms with E-state index < -0.39 is 5.91 Å².